The van der Waals surface area contributed by atoms with E-state index in [1.807, 2.05) is 36.4 Å². The molecule has 0 saturated carbocycles. The number of likely N-dealkylation sites (tertiary alicyclic amines) is 1. The van der Waals surface area contributed by atoms with Gasteiger partial charge in [0.15, 0.2) is 29.3 Å². The van der Waals surface area contributed by atoms with E-state index in [1.54, 1.807) is 4.57 Å². The standard InChI is InChI=1S/C33H42N8O4/c1-3-34-31(44)28-26(42)27(43)32(45-28)41-20-36-25-29(38-33(39-30(25)41)37-23-16-11-17-40(4-2)19-23)35-18-24(21-12-7-5-8-13-21)22-14-9-6-10-15-22/h5-10,12-15,20,23-24,26-28,32,42-43H,3-4,11,16-19H2,1-2H3,(H,34,44)(H2,35,37,38,39)/t23?,26-,27+,28-,32?/m0/s1/i1D. The first-order chi connectivity index (χ1) is 22.5. The van der Waals surface area contributed by atoms with Gasteiger partial charge in [-0.05, 0) is 44.0 Å². The van der Waals surface area contributed by atoms with Gasteiger partial charge in [-0.15, -0.1) is 0 Å². The Morgan fingerprint density at radius 2 is 1.82 bits per heavy atom. The van der Waals surface area contributed by atoms with E-state index < -0.39 is 30.4 Å². The number of piperidine rings is 1. The van der Waals surface area contributed by atoms with Crippen LogP contribution in [0.2, 0.25) is 0 Å². The molecule has 0 radical (unpaired) electrons. The molecule has 45 heavy (non-hydrogen) atoms. The van der Waals surface area contributed by atoms with Gasteiger partial charge in [0, 0.05) is 33.0 Å². The third-order valence-corrected chi connectivity index (χ3v) is 8.65. The van der Waals surface area contributed by atoms with Crippen LogP contribution in [0.5, 0.6) is 0 Å². The van der Waals surface area contributed by atoms with Crippen molar-refractivity contribution in [1.29, 1.82) is 0 Å². The number of aliphatic hydroxyl groups excluding tert-OH is 2. The molecule has 12 heteroatoms. The summed E-state index contributed by atoms with van der Waals surface area (Å²) in [5, 5.41) is 31.4. The summed E-state index contributed by atoms with van der Waals surface area (Å²) in [6.45, 7) is 5.68. The number of carbonyl (C=O) groups is 1. The zero-order valence-electron chi connectivity index (χ0n) is 26.4. The van der Waals surface area contributed by atoms with Gasteiger partial charge >= 0.3 is 0 Å². The average Bonchev–Trinajstić information content (AvgIpc) is 3.64. The van der Waals surface area contributed by atoms with Gasteiger partial charge in [-0.2, -0.15) is 9.97 Å². The first-order valence-electron chi connectivity index (χ1n) is 16.3. The fraction of sp³-hybridized carbons (Fsp3) is 0.455. The fourth-order valence-corrected chi connectivity index (χ4v) is 6.26. The zero-order valence-corrected chi connectivity index (χ0v) is 25.4. The molecule has 0 aliphatic carbocycles. The van der Waals surface area contributed by atoms with Gasteiger partial charge in [-0.3, -0.25) is 9.36 Å². The fourth-order valence-electron chi connectivity index (χ4n) is 6.26. The molecule has 238 valence electrons. The van der Waals surface area contributed by atoms with Crippen LogP contribution in [0.15, 0.2) is 67.0 Å². The first kappa shape index (κ1) is 29.6. The number of hydrogen-bond acceptors (Lipinski definition) is 10. The molecule has 2 aromatic heterocycles. The summed E-state index contributed by atoms with van der Waals surface area (Å²) in [7, 11) is 0. The third-order valence-electron chi connectivity index (χ3n) is 8.65. The maximum atomic E-state index is 12.6. The number of rotatable bonds is 11. The maximum absolute atomic E-state index is 12.6. The number of likely N-dealkylation sites (N-methyl/N-ethyl adjacent to an activating group) is 2. The molecule has 2 aliphatic heterocycles. The second-order valence-electron chi connectivity index (χ2n) is 11.6. The number of aromatic nitrogens is 4. The number of benzene rings is 2. The van der Waals surface area contributed by atoms with Gasteiger partial charge in [-0.25, -0.2) is 4.98 Å². The van der Waals surface area contributed by atoms with Crippen LogP contribution in [-0.2, 0) is 9.53 Å². The molecule has 0 spiro atoms. The van der Waals surface area contributed by atoms with E-state index in [1.165, 1.54) is 6.33 Å². The quantitative estimate of drug-likeness (QED) is 0.171. The molecule has 2 aromatic carbocycles. The van der Waals surface area contributed by atoms with Crippen molar-refractivity contribution < 1.29 is 21.1 Å². The van der Waals surface area contributed by atoms with Crippen LogP contribution in [0.3, 0.4) is 0 Å². The molecule has 2 fully saturated rings. The van der Waals surface area contributed by atoms with Crippen LogP contribution in [0, 0.1) is 0 Å². The number of hydrogen-bond donors (Lipinski definition) is 5. The summed E-state index contributed by atoms with van der Waals surface area (Å²) in [4.78, 5) is 29.4. The summed E-state index contributed by atoms with van der Waals surface area (Å²) < 4.78 is 14.8. The van der Waals surface area contributed by atoms with E-state index in [4.69, 9.17) is 16.1 Å². The van der Waals surface area contributed by atoms with E-state index in [-0.39, 0.29) is 25.4 Å². The maximum Gasteiger partial charge on any atom is 0.252 e. The normalized spacial score (nSPS) is 24.1. The number of imidazole rings is 1. The summed E-state index contributed by atoms with van der Waals surface area (Å²) in [6, 6.07) is 20.7. The summed E-state index contributed by atoms with van der Waals surface area (Å²) in [5.41, 5.74) is 3.17. The van der Waals surface area contributed by atoms with Crippen LogP contribution in [0.4, 0.5) is 11.8 Å². The van der Waals surface area contributed by atoms with Gasteiger partial charge < -0.3 is 35.8 Å². The molecule has 6 rings (SSSR count). The minimum absolute atomic E-state index is 0.0123. The topological polar surface area (TPSA) is 150 Å². The molecule has 0 bridgehead atoms. The van der Waals surface area contributed by atoms with Crippen molar-refractivity contribution in [3.8, 4) is 0 Å². The van der Waals surface area contributed by atoms with E-state index in [2.05, 4.69) is 57.0 Å². The van der Waals surface area contributed by atoms with E-state index in [0.717, 1.165) is 43.6 Å². The number of fused-ring (bicyclic) bond motifs is 1. The molecule has 2 unspecified atom stereocenters. The molecular weight excluding hydrogens is 572 g/mol. The van der Waals surface area contributed by atoms with Crippen LogP contribution in [0.25, 0.3) is 11.2 Å². The molecule has 4 aromatic rings. The second-order valence-corrected chi connectivity index (χ2v) is 11.6. The van der Waals surface area contributed by atoms with Crippen molar-refractivity contribution in [2.75, 3.05) is 43.4 Å². The van der Waals surface area contributed by atoms with E-state index in [9.17, 15) is 15.0 Å². The average molecular weight is 616 g/mol. The molecule has 4 heterocycles. The Kier molecular flexibility index (Phi) is 9.15. The van der Waals surface area contributed by atoms with Crippen molar-refractivity contribution in [2.45, 2.75) is 63.2 Å². The van der Waals surface area contributed by atoms with Gasteiger partial charge in [-0.1, -0.05) is 67.6 Å². The highest BCUT2D eigenvalue weighted by molar-refractivity contribution is 5.85. The summed E-state index contributed by atoms with van der Waals surface area (Å²) >= 11 is 0. The third kappa shape index (κ3) is 6.64. The van der Waals surface area contributed by atoms with Crippen molar-refractivity contribution in [1.82, 2.24) is 29.7 Å². The lowest BCUT2D eigenvalue weighted by Gasteiger charge is -2.32. The Morgan fingerprint density at radius 3 is 2.51 bits per heavy atom. The Labute approximate surface area is 264 Å². The lowest BCUT2D eigenvalue weighted by Crippen LogP contribution is -2.42. The van der Waals surface area contributed by atoms with Crippen LogP contribution >= 0.6 is 0 Å². The number of nitrogens with zero attached hydrogens (tertiary/aromatic N) is 5. The van der Waals surface area contributed by atoms with Crippen molar-refractivity contribution in [2.24, 2.45) is 0 Å². The smallest absolute Gasteiger partial charge is 0.252 e. The predicted octanol–water partition coefficient (Wildman–Crippen LogP) is 2.72. The van der Waals surface area contributed by atoms with E-state index >= 15 is 0 Å². The number of anilines is 2. The predicted molar refractivity (Wildman–Crippen MR) is 172 cm³/mol. The SMILES string of the molecule is [2H]CCNC(=O)[C@H]1OC(n2cnc3c(NCC(c4ccccc4)c4ccccc4)nc(NC4CCCN(CC)C4)nc32)[C@H](O)[C@@H]1O. The largest absolute Gasteiger partial charge is 0.387 e. The Balaban J connectivity index is 1.34. The summed E-state index contributed by atoms with van der Waals surface area (Å²) in [5.74, 6) is 0.369. The van der Waals surface area contributed by atoms with Gasteiger partial charge in [0.05, 0.1) is 6.33 Å². The first-order valence-corrected chi connectivity index (χ1v) is 15.6. The minimum atomic E-state index is -1.47. The zero-order chi connectivity index (χ0) is 32.0. The number of carbonyl (C=O) groups excluding carboxylic acids is 1. The highest BCUT2D eigenvalue weighted by Gasteiger charge is 2.47. The lowest BCUT2D eigenvalue weighted by atomic mass is 9.91. The Morgan fingerprint density at radius 1 is 1.09 bits per heavy atom. The van der Waals surface area contributed by atoms with Crippen LogP contribution in [-0.4, -0.2) is 97.6 Å². The van der Waals surface area contributed by atoms with Gasteiger partial charge in [0.25, 0.3) is 5.91 Å². The molecule has 2 saturated heterocycles. The Hall–Kier alpha value is -4.10. The number of ether oxygens (including phenoxy) is 1. The molecule has 1 amide bonds. The number of aliphatic hydroxyl groups is 2. The highest BCUT2D eigenvalue weighted by atomic mass is 16.6. The minimum Gasteiger partial charge on any atom is -0.387 e. The second kappa shape index (κ2) is 13.9. The molecule has 12 nitrogen and oxygen atoms in total. The highest BCUT2D eigenvalue weighted by Crippen LogP contribution is 2.34. The van der Waals surface area contributed by atoms with Gasteiger partial charge in [0.2, 0.25) is 5.95 Å². The van der Waals surface area contributed by atoms with E-state index in [0.29, 0.717) is 29.5 Å². The Bertz CT molecular complexity index is 1550. The van der Waals surface area contributed by atoms with Crippen molar-refractivity contribution in [3.05, 3.63) is 78.1 Å². The molecule has 2 aliphatic rings. The number of amides is 1. The molecule has 5 N–H and O–H groups in total. The lowest BCUT2D eigenvalue weighted by molar-refractivity contribution is -0.137. The summed E-state index contributed by atoms with van der Waals surface area (Å²) in [6.07, 6.45) is -1.76. The van der Waals surface area contributed by atoms with Gasteiger partial charge in [0.1, 0.15) is 12.2 Å². The monoisotopic (exact) mass is 615 g/mol. The van der Waals surface area contributed by atoms with Crippen molar-refractivity contribution in [3.63, 3.8) is 0 Å². The van der Waals surface area contributed by atoms with Crippen LogP contribution in [0.1, 0.15) is 51.3 Å². The molecular formula is C33H42N8O4. The van der Waals surface area contributed by atoms with Crippen molar-refractivity contribution >= 4 is 28.8 Å². The van der Waals surface area contributed by atoms with Crippen LogP contribution < -0.4 is 16.0 Å². The number of nitrogens with one attached hydrogen (secondary N) is 3. The molecule has 5 atom stereocenters.